The molecule has 1 aromatic heterocycles. The average Bonchev–Trinajstić information content (AvgIpc) is 2.87. The molecule has 0 aromatic carbocycles. The number of carboxylic acid groups (broad SMARTS) is 1. The lowest BCUT2D eigenvalue weighted by molar-refractivity contribution is -0.154. The number of thiophene rings is 1. The van der Waals surface area contributed by atoms with Gasteiger partial charge in [0.25, 0.3) is 0 Å². The molecule has 1 heterocycles. The molecule has 0 atom stereocenters. The van der Waals surface area contributed by atoms with E-state index in [4.69, 9.17) is 0 Å². The molecule has 0 fully saturated rings. The molecule has 0 bridgehead atoms. The highest BCUT2D eigenvalue weighted by Crippen LogP contribution is 2.32. The first-order chi connectivity index (χ1) is 9.88. The highest BCUT2D eigenvalue weighted by atomic mass is 79.9. The van der Waals surface area contributed by atoms with Crippen LogP contribution in [-0.4, -0.2) is 28.4 Å². The van der Waals surface area contributed by atoms with Crippen LogP contribution in [0.3, 0.4) is 0 Å². The van der Waals surface area contributed by atoms with Gasteiger partial charge in [0.05, 0.1) is 15.7 Å². The molecule has 0 spiro atoms. The minimum absolute atomic E-state index is 0.0652. The molecule has 0 unspecified atom stereocenters. The number of aliphatic carboxylic acids is 1. The van der Waals surface area contributed by atoms with E-state index in [1.807, 2.05) is 32.9 Å². The van der Waals surface area contributed by atoms with Crippen molar-refractivity contribution in [3.8, 4) is 0 Å². The second kappa shape index (κ2) is 7.94. The van der Waals surface area contributed by atoms with Gasteiger partial charge in [-0.25, -0.2) is 0 Å². The summed E-state index contributed by atoms with van der Waals surface area (Å²) in [6.45, 7) is 6.70. The SMILES string of the molecule is CCN(Cc1ccc(Br)s1)C(=O)CC(CC)(CC)C(=O)O. The number of rotatable bonds is 8. The van der Waals surface area contributed by atoms with Crippen molar-refractivity contribution in [2.45, 2.75) is 46.6 Å². The Labute approximate surface area is 138 Å². The van der Waals surface area contributed by atoms with Crippen LogP contribution in [0.1, 0.15) is 44.9 Å². The van der Waals surface area contributed by atoms with Crippen molar-refractivity contribution in [3.63, 3.8) is 0 Å². The highest BCUT2D eigenvalue weighted by molar-refractivity contribution is 9.11. The summed E-state index contributed by atoms with van der Waals surface area (Å²) >= 11 is 5.00. The maximum absolute atomic E-state index is 12.5. The topological polar surface area (TPSA) is 57.6 Å². The van der Waals surface area contributed by atoms with E-state index in [0.717, 1.165) is 8.66 Å². The van der Waals surface area contributed by atoms with Gasteiger partial charge in [-0.2, -0.15) is 0 Å². The Morgan fingerprint density at radius 2 is 1.90 bits per heavy atom. The monoisotopic (exact) mass is 375 g/mol. The summed E-state index contributed by atoms with van der Waals surface area (Å²) < 4.78 is 1.03. The van der Waals surface area contributed by atoms with Crippen LogP contribution >= 0.6 is 27.3 Å². The summed E-state index contributed by atoms with van der Waals surface area (Å²) in [6, 6.07) is 3.94. The third-order valence-electron chi connectivity index (χ3n) is 4.01. The van der Waals surface area contributed by atoms with Crippen molar-refractivity contribution in [2.75, 3.05) is 6.54 Å². The molecule has 1 aromatic rings. The van der Waals surface area contributed by atoms with E-state index >= 15 is 0 Å². The molecule has 1 N–H and O–H groups in total. The summed E-state index contributed by atoms with van der Waals surface area (Å²) in [7, 11) is 0. The predicted molar refractivity (Wildman–Crippen MR) is 88.4 cm³/mol. The average molecular weight is 376 g/mol. The fourth-order valence-electron chi connectivity index (χ4n) is 2.28. The number of carbonyl (C=O) groups excluding carboxylic acids is 1. The number of halogens is 1. The van der Waals surface area contributed by atoms with Crippen LogP contribution in [0, 0.1) is 5.41 Å². The first-order valence-corrected chi connectivity index (χ1v) is 8.74. The zero-order chi connectivity index (χ0) is 16.0. The Bertz CT molecular complexity index is 497. The van der Waals surface area contributed by atoms with Crippen LogP contribution < -0.4 is 0 Å². The maximum atomic E-state index is 12.5. The van der Waals surface area contributed by atoms with E-state index in [1.54, 1.807) is 16.2 Å². The fraction of sp³-hybridized carbons (Fsp3) is 0.600. The van der Waals surface area contributed by atoms with Gasteiger partial charge in [-0.3, -0.25) is 9.59 Å². The summed E-state index contributed by atoms with van der Waals surface area (Å²) in [6.07, 6.45) is 0.995. The van der Waals surface area contributed by atoms with Gasteiger partial charge in [-0.15, -0.1) is 11.3 Å². The molecule has 118 valence electrons. The minimum Gasteiger partial charge on any atom is -0.481 e. The molecule has 21 heavy (non-hydrogen) atoms. The zero-order valence-electron chi connectivity index (χ0n) is 12.7. The van der Waals surface area contributed by atoms with Crippen molar-refractivity contribution >= 4 is 39.1 Å². The van der Waals surface area contributed by atoms with Gasteiger partial charge >= 0.3 is 5.97 Å². The standard InChI is InChI=1S/C15H22BrNO3S/c1-4-15(5-2,14(19)20)9-13(18)17(6-3)10-11-7-8-12(16)21-11/h7-8H,4-6,9-10H2,1-3H3,(H,19,20). The molecule has 1 amide bonds. The lowest BCUT2D eigenvalue weighted by Crippen LogP contribution is -2.39. The number of carbonyl (C=O) groups is 2. The molecule has 0 saturated heterocycles. The molecule has 0 aliphatic carbocycles. The van der Waals surface area contributed by atoms with E-state index in [2.05, 4.69) is 15.9 Å². The zero-order valence-corrected chi connectivity index (χ0v) is 15.1. The second-order valence-electron chi connectivity index (χ2n) is 5.08. The van der Waals surface area contributed by atoms with E-state index in [1.165, 1.54) is 0 Å². The van der Waals surface area contributed by atoms with Crippen molar-refractivity contribution in [1.29, 1.82) is 0 Å². The van der Waals surface area contributed by atoms with Crippen LogP contribution in [0.5, 0.6) is 0 Å². The second-order valence-corrected chi connectivity index (χ2v) is 7.63. The fourth-order valence-corrected chi connectivity index (χ4v) is 3.78. The number of carboxylic acids is 1. The molecule has 4 nitrogen and oxygen atoms in total. The number of amides is 1. The molecule has 1 rings (SSSR count). The highest BCUT2D eigenvalue weighted by Gasteiger charge is 2.38. The molecular weight excluding hydrogens is 354 g/mol. The summed E-state index contributed by atoms with van der Waals surface area (Å²) in [5.74, 6) is -0.969. The largest absolute Gasteiger partial charge is 0.481 e. The summed E-state index contributed by atoms with van der Waals surface area (Å²) in [5.41, 5.74) is -0.944. The Kier molecular flexibility index (Phi) is 6.87. The van der Waals surface area contributed by atoms with E-state index in [-0.39, 0.29) is 12.3 Å². The summed E-state index contributed by atoms with van der Waals surface area (Å²) in [4.78, 5) is 26.8. The Morgan fingerprint density at radius 1 is 1.29 bits per heavy atom. The number of hydrogen-bond acceptors (Lipinski definition) is 3. The van der Waals surface area contributed by atoms with E-state index in [9.17, 15) is 14.7 Å². The normalized spacial score (nSPS) is 11.4. The van der Waals surface area contributed by atoms with Gasteiger partial charge in [0, 0.05) is 17.8 Å². The lowest BCUT2D eigenvalue weighted by atomic mass is 9.79. The first kappa shape index (κ1) is 18.2. The van der Waals surface area contributed by atoms with Gasteiger partial charge < -0.3 is 10.0 Å². The van der Waals surface area contributed by atoms with E-state index < -0.39 is 11.4 Å². The third kappa shape index (κ3) is 4.54. The molecular formula is C15H22BrNO3S. The predicted octanol–water partition coefficient (Wildman–Crippen LogP) is 4.14. The van der Waals surface area contributed by atoms with Gasteiger partial charge in [-0.1, -0.05) is 13.8 Å². The summed E-state index contributed by atoms with van der Waals surface area (Å²) in [5, 5.41) is 9.45. The molecule has 0 saturated carbocycles. The number of nitrogens with zero attached hydrogens (tertiary/aromatic N) is 1. The first-order valence-electron chi connectivity index (χ1n) is 7.13. The molecule has 0 aliphatic rings. The van der Waals surface area contributed by atoms with Gasteiger partial charge in [0.1, 0.15) is 0 Å². The van der Waals surface area contributed by atoms with Crippen molar-refractivity contribution < 1.29 is 14.7 Å². The molecule has 0 aliphatic heterocycles. The van der Waals surface area contributed by atoms with Crippen molar-refractivity contribution in [3.05, 3.63) is 20.8 Å². The smallest absolute Gasteiger partial charge is 0.310 e. The van der Waals surface area contributed by atoms with Gasteiger partial charge in [0.2, 0.25) is 5.91 Å². The third-order valence-corrected chi connectivity index (χ3v) is 5.62. The van der Waals surface area contributed by atoms with Crippen LogP contribution in [0.2, 0.25) is 0 Å². The molecule has 0 radical (unpaired) electrons. The van der Waals surface area contributed by atoms with Gasteiger partial charge in [-0.05, 0) is 47.8 Å². The van der Waals surface area contributed by atoms with Crippen LogP contribution in [0.25, 0.3) is 0 Å². The van der Waals surface area contributed by atoms with Crippen LogP contribution in [0.15, 0.2) is 15.9 Å². The lowest BCUT2D eigenvalue weighted by Gasteiger charge is -2.29. The quantitative estimate of drug-likeness (QED) is 0.742. The van der Waals surface area contributed by atoms with Crippen molar-refractivity contribution in [2.24, 2.45) is 5.41 Å². The Balaban J connectivity index is 2.81. The number of hydrogen-bond donors (Lipinski definition) is 1. The Hall–Kier alpha value is -0.880. The van der Waals surface area contributed by atoms with E-state index in [0.29, 0.717) is 25.9 Å². The van der Waals surface area contributed by atoms with Crippen molar-refractivity contribution in [1.82, 2.24) is 4.90 Å². The maximum Gasteiger partial charge on any atom is 0.310 e. The molecule has 6 heteroatoms. The van der Waals surface area contributed by atoms with Gasteiger partial charge in [0.15, 0.2) is 0 Å². The van der Waals surface area contributed by atoms with Crippen LogP contribution in [0.4, 0.5) is 0 Å². The van der Waals surface area contributed by atoms with Crippen LogP contribution in [-0.2, 0) is 16.1 Å². The minimum atomic E-state index is -0.944. The Morgan fingerprint density at radius 3 is 2.29 bits per heavy atom.